The van der Waals surface area contributed by atoms with Crippen molar-refractivity contribution >= 4 is 11.6 Å². The van der Waals surface area contributed by atoms with Crippen LogP contribution in [0.15, 0.2) is 36.7 Å². The van der Waals surface area contributed by atoms with E-state index in [0.29, 0.717) is 11.4 Å². The Morgan fingerprint density at radius 3 is 2.83 bits per heavy atom. The highest BCUT2D eigenvalue weighted by Crippen LogP contribution is 2.25. The molecule has 0 aliphatic rings. The molecule has 1 amide bonds. The summed E-state index contributed by atoms with van der Waals surface area (Å²) in [5, 5.41) is 2.76. The topological polar surface area (TPSA) is 67.0 Å². The van der Waals surface area contributed by atoms with Gasteiger partial charge in [0.1, 0.15) is 5.75 Å². The van der Waals surface area contributed by atoms with Crippen LogP contribution in [-0.2, 0) is 0 Å². The summed E-state index contributed by atoms with van der Waals surface area (Å²) in [6.45, 7) is 3.87. The number of rotatable bonds is 4. The molecule has 0 saturated carbocycles. The molecule has 0 fully saturated rings. The number of hydrogen-bond donors (Lipinski definition) is 2. The summed E-state index contributed by atoms with van der Waals surface area (Å²) in [6, 6.07) is 7.31. The Kier molecular flexibility index (Phi) is 3.62. The Balaban J connectivity index is 2.16. The number of nitrogens with one attached hydrogen (secondary N) is 2. The van der Waals surface area contributed by atoms with Gasteiger partial charge in [0.25, 0.3) is 5.91 Å². The highest BCUT2D eigenvalue weighted by Gasteiger charge is 2.11. The quantitative estimate of drug-likeness (QED) is 0.869. The predicted octanol–water partition coefficient (Wildman–Crippen LogP) is 2.45. The molecule has 2 rings (SSSR count). The number of ether oxygens (including phenoxy) is 1. The SMILES string of the molecule is CC(C)Oc1ccccc1NC(=O)c1ncc[nH]1. The van der Waals surface area contributed by atoms with E-state index in [-0.39, 0.29) is 17.8 Å². The fourth-order valence-corrected chi connectivity index (χ4v) is 1.50. The van der Waals surface area contributed by atoms with Crippen LogP contribution in [0.4, 0.5) is 5.69 Å². The molecule has 2 N–H and O–H groups in total. The molecule has 0 aliphatic heterocycles. The molecule has 0 spiro atoms. The Labute approximate surface area is 105 Å². The highest BCUT2D eigenvalue weighted by atomic mass is 16.5. The molecular weight excluding hydrogens is 230 g/mol. The normalized spacial score (nSPS) is 10.4. The van der Waals surface area contributed by atoms with Crippen molar-refractivity contribution in [3.05, 3.63) is 42.5 Å². The van der Waals surface area contributed by atoms with Gasteiger partial charge in [0.15, 0.2) is 5.82 Å². The van der Waals surface area contributed by atoms with Gasteiger partial charge < -0.3 is 15.0 Å². The molecule has 0 atom stereocenters. The number of carbonyl (C=O) groups excluding carboxylic acids is 1. The van der Waals surface area contributed by atoms with Crippen LogP contribution in [-0.4, -0.2) is 22.0 Å². The zero-order valence-corrected chi connectivity index (χ0v) is 10.3. The maximum absolute atomic E-state index is 11.9. The standard InChI is InChI=1S/C13H15N3O2/c1-9(2)18-11-6-4-3-5-10(11)16-13(17)12-14-7-8-15-12/h3-9H,1-2H3,(H,14,15)(H,16,17). The van der Waals surface area contributed by atoms with Gasteiger partial charge in [-0.15, -0.1) is 0 Å². The Bertz CT molecular complexity index is 521. The molecule has 5 nitrogen and oxygen atoms in total. The van der Waals surface area contributed by atoms with E-state index in [4.69, 9.17) is 4.74 Å². The lowest BCUT2D eigenvalue weighted by molar-refractivity contribution is 0.101. The zero-order valence-electron chi connectivity index (χ0n) is 10.3. The van der Waals surface area contributed by atoms with E-state index in [9.17, 15) is 4.79 Å². The fourth-order valence-electron chi connectivity index (χ4n) is 1.50. The van der Waals surface area contributed by atoms with E-state index in [0.717, 1.165) is 0 Å². The van der Waals surface area contributed by atoms with Crippen molar-refractivity contribution in [1.29, 1.82) is 0 Å². The second-order valence-corrected chi connectivity index (χ2v) is 4.05. The smallest absolute Gasteiger partial charge is 0.291 e. The highest BCUT2D eigenvalue weighted by molar-refractivity contribution is 6.02. The van der Waals surface area contributed by atoms with Gasteiger partial charge in [-0.2, -0.15) is 0 Å². The molecule has 18 heavy (non-hydrogen) atoms. The largest absolute Gasteiger partial charge is 0.489 e. The summed E-state index contributed by atoms with van der Waals surface area (Å²) in [7, 11) is 0. The Morgan fingerprint density at radius 2 is 2.17 bits per heavy atom. The van der Waals surface area contributed by atoms with E-state index in [1.54, 1.807) is 12.3 Å². The third kappa shape index (κ3) is 2.88. The molecule has 0 saturated heterocycles. The van der Waals surface area contributed by atoms with Crippen LogP contribution in [0, 0.1) is 0 Å². The van der Waals surface area contributed by atoms with Gasteiger partial charge in [-0.3, -0.25) is 4.79 Å². The van der Waals surface area contributed by atoms with Crippen LogP contribution in [0.3, 0.4) is 0 Å². The molecule has 1 aromatic carbocycles. The van der Waals surface area contributed by atoms with E-state index < -0.39 is 0 Å². The first kappa shape index (κ1) is 12.2. The third-order valence-corrected chi connectivity index (χ3v) is 2.21. The second-order valence-electron chi connectivity index (χ2n) is 4.05. The lowest BCUT2D eigenvalue weighted by Gasteiger charge is -2.14. The summed E-state index contributed by atoms with van der Waals surface area (Å²) in [5.74, 6) is 0.626. The lowest BCUT2D eigenvalue weighted by Crippen LogP contribution is -2.15. The van der Waals surface area contributed by atoms with Gasteiger partial charge in [-0.25, -0.2) is 4.98 Å². The Morgan fingerprint density at radius 1 is 1.39 bits per heavy atom. The van der Waals surface area contributed by atoms with E-state index in [2.05, 4.69) is 15.3 Å². The van der Waals surface area contributed by atoms with Gasteiger partial charge >= 0.3 is 0 Å². The van der Waals surface area contributed by atoms with Crippen molar-refractivity contribution in [3.63, 3.8) is 0 Å². The van der Waals surface area contributed by atoms with Crippen molar-refractivity contribution in [3.8, 4) is 5.75 Å². The maximum Gasteiger partial charge on any atom is 0.291 e. The average Bonchev–Trinajstić information content (AvgIpc) is 2.84. The Hall–Kier alpha value is -2.30. The fraction of sp³-hybridized carbons (Fsp3) is 0.231. The van der Waals surface area contributed by atoms with Gasteiger partial charge in [0, 0.05) is 12.4 Å². The van der Waals surface area contributed by atoms with Crippen molar-refractivity contribution in [2.24, 2.45) is 0 Å². The van der Waals surface area contributed by atoms with Gasteiger partial charge in [-0.05, 0) is 26.0 Å². The average molecular weight is 245 g/mol. The number of nitrogens with zero attached hydrogens (tertiary/aromatic N) is 1. The van der Waals surface area contributed by atoms with Crippen molar-refractivity contribution in [2.45, 2.75) is 20.0 Å². The molecule has 0 unspecified atom stereocenters. The molecule has 0 radical (unpaired) electrons. The number of amides is 1. The van der Waals surface area contributed by atoms with Crippen molar-refractivity contribution in [2.75, 3.05) is 5.32 Å². The predicted molar refractivity (Wildman–Crippen MR) is 68.7 cm³/mol. The van der Waals surface area contributed by atoms with Crippen LogP contribution < -0.4 is 10.1 Å². The molecule has 2 aromatic rings. The van der Waals surface area contributed by atoms with Crippen LogP contribution in [0.2, 0.25) is 0 Å². The second kappa shape index (κ2) is 5.35. The minimum absolute atomic E-state index is 0.0478. The minimum atomic E-state index is -0.292. The summed E-state index contributed by atoms with van der Waals surface area (Å²) < 4.78 is 5.62. The number of para-hydroxylation sites is 2. The number of H-pyrrole nitrogens is 1. The summed E-state index contributed by atoms with van der Waals surface area (Å²) in [6.07, 6.45) is 3.18. The first-order chi connectivity index (χ1) is 8.66. The monoisotopic (exact) mass is 245 g/mol. The molecule has 1 heterocycles. The number of aromatic nitrogens is 2. The molecule has 1 aromatic heterocycles. The first-order valence-corrected chi connectivity index (χ1v) is 5.73. The van der Waals surface area contributed by atoms with E-state index in [1.165, 1.54) is 6.20 Å². The van der Waals surface area contributed by atoms with Gasteiger partial charge in [0.05, 0.1) is 11.8 Å². The van der Waals surface area contributed by atoms with Gasteiger partial charge in [0.2, 0.25) is 0 Å². The molecule has 0 bridgehead atoms. The maximum atomic E-state index is 11.9. The van der Waals surface area contributed by atoms with Crippen LogP contribution >= 0.6 is 0 Å². The molecule has 0 aliphatic carbocycles. The number of imidazole rings is 1. The number of aromatic amines is 1. The summed E-state index contributed by atoms with van der Waals surface area (Å²) in [4.78, 5) is 18.5. The summed E-state index contributed by atoms with van der Waals surface area (Å²) in [5.41, 5.74) is 0.632. The zero-order chi connectivity index (χ0) is 13.0. The number of carbonyl (C=O) groups is 1. The molecular formula is C13H15N3O2. The van der Waals surface area contributed by atoms with E-state index in [1.807, 2.05) is 32.0 Å². The van der Waals surface area contributed by atoms with Crippen LogP contribution in [0.25, 0.3) is 0 Å². The van der Waals surface area contributed by atoms with Gasteiger partial charge in [-0.1, -0.05) is 12.1 Å². The van der Waals surface area contributed by atoms with E-state index >= 15 is 0 Å². The summed E-state index contributed by atoms with van der Waals surface area (Å²) >= 11 is 0. The van der Waals surface area contributed by atoms with Crippen molar-refractivity contribution < 1.29 is 9.53 Å². The number of benzene rings is 1. The lowest BCUT2D eigenvalue weighted by atomic mass is 10.3. The van der Waals surface area contributed by atoms with Crippen LogP contribution in [0.1, 0.15) is 24.5 Å². The third-order valence-electron chi connectivity index (χ3n) is 2.21. The van der Waals surface area contributed by atoms with Crippen molar-refractivity contribution in [1.82, 2.24) is 9.97 Å². The molecule has 94 valence electrons. The first-order valence-electron chi connectivity index (χ1n) is 5.73. The van der Waals surface area contributed by atoms with Crippen LogP contribution in [0.5, 0.6) is 5.75 Å². The molecule has 5 heteroatoms. The number of hydrogen-bond acceptors (Lipinski definition) is 3. The number of anilines is 1. The minimum Gasteiger partial charge on any atom is -0.489 e.